The maximum absolute atomic E-state index is 9.26. The fourth-order valence-corrected chi connectivity index (χ4v) is 2.33. The predicted molar refractivity (Wildman–Crippen MR) is 68.7 cm³/mol. The van der Waals surface area contributed by atoms with E-state index in [-0.39, 0.29) is 5.75 Å². The summed E-state index contributed by atoms with van der Waals surface area (Å²) in [5, 5.41) is 9.92. The second-order valence-electron chi connectivity index (χ2n) is 4.33. The maximum atomic E-state index is 9.26. The summed E-state index contributed by atoms with van der Waals surface area (Å²) in [5.74, 6) is 0.229. The molecule has 1 aliphatic heterocycles. The summed E-state index contributed by atoms with van der Waals surface area (Å²) in [4.78, 5) is 2.41. The fourth-order valence-electron chi connectivity index (χ4n) is 2.06. The highest BCUT2D eigenvalue weighted by molar-refractivity contribution is 6.31. The molecule has 0 unspecified atom stereocenters. The molecular weight excluding hydrogens is 238 g/mol. The van der Waals surface area contributed by atoms with Crippen LogP contribution in [0.4, 0.5) is 0 Å². The number of morpholine rings is 1. The highest BCUT2D eigenvalue weighted by Crippen LogP contribution is 2.22. The van der Waals surface area contributed by atoms with E-state index in [0.29, 0.717) is 5.02 Å². The monoisotopic (exact) mass is 255 g/mol. The van der Waals surface area contributed by atoms with Crippen molar-refractivity contribution in [2.24, 2.45) is 0 Å². The van der Waals surface area contributed by atoms with Crippen LogP contribution in [0.1, 0.15) is 12.0 Å². The van der Waals surface area contributed by atoms with Gasteiger partial charge in [-0.3, -0.25) is 4.90 Å². The lowest BCUT2D eigenvalue weighted by Gasteiger charge is -2.26. The first-order chi connectivity index (χ1) is 8.25. The molecule has 0 atom stereocenters. The molecule has 1 N–H and O–H groups in total. The van der Waals surface area contributed by atoms with Gasteiger partial charge in [0, 0.05) is 18.1 Å². The number of rotatable bonds is 4. The average Bonchev–Trinajstić information content (AvgIpc) is 2.33. The molecule has 2 rings (SSSR count). The molecule has 4 heteroatoms. The quantitative estimate of drug-likeness (QED) is 0.896. The number of benzene rings is 1. The van der Waals surface area contributed by atoms with Crippen LogP contribution in [0.2, 0.25) is 5.02 Å². The lowest BCUT2D eigenvalue weighted by molar-refractivity contribution is 0.0375. The standard InChI is InChI=1S/C13H18ClNO2/c14-13-10-12(16)4-3-11(13)2-1-5-15-6-8-17-9-7-15/h3-4,10,16H,1-2,5-9H2. The Morgan fingerprint density at radius 2 is 2.06 bits per heavy atom. The van der Waals surface area contributed by atoms with E-state index >= 15 is 0 Å². The highest BCUT2D eigenvalue weighted by Gasteiger charge is 2.10. The minimum Gasteiger partial charge on any atom is -0.508 e. The molecule has 0 spiro atoms. The van der Waals surface area contributed by atoms with Gasteiger partial charge in [0.15, 0.2) is 0 Å². The summed E-state index contributed by atoms with van der Waals surface area (Å²) >= 11 is 6.06. The van der Waals surface area contributed by atoms with E-state index in [1.54, 1.807) is 12.1 Å². The molecule has 0 aromatic heterocycles. The van der Waals surface area contributed by atoms with E-state index in [1.165, 1.54) is 0 Å². The number of nitrogens with zero attached hydrogens (tertiary/aromatic N) is 1. The van der Waals surface area contributed by atoms with Crippen LogP contribution in [0.3, 0.4) is 0 Å². The van der Waals surface area contributed by atoms with Crippen molar-refractivity contribution >= 4 is 11.6 Å². The molecule has 1 fully saturated rings. The van der Waals surface area contributed by atoms with Crippen molar-refractivity contribution in [2.45, 2.75) is 12.8 Å². The SMILES string of the molecule is Oc1ccc(CCCN2CCOCC2)c(Cl)c1. The first kappa shape index (κ1) is 12.7. The van der Waals surface area contributed by atoms with E-state index in [1.807, 2.05) is 6.07 Å². The van der Waals surface area contributed by atoms with Gasteiger partial charge in [-0.25, -0.2) is 0 Å². The molecule has 1 heterocycles. The number of aromatic hydroxyl groups is 1. The third kappa shape index (κ3) is 3.87. The van der Waals surface area contributed by atoms with Gasteiger partial charge in [-0.05, 0) is 37.1 Å². The summed E-state index contributed by atoms with van der Waals surface area (Å²) in [5.41, 5.74) is 1.11. The normalized spacial score (nSPS) is 17.2. The maximum Gasteiger partial charge on any atom is 0.117 e. The van der Waals surface area contributed by atoms with Gasteiger partial charge >= 0.3 is 0 Å². The Labute approximate surface area is 107 Å². The van der Waals surface area contributed by atoms with Crippen LogP contribution in [-0.2, 0) is 11.2 Å². The molecule has 1 aromatic rings. The van der Waals surface area contributed by atoms with Crippen LogP contribution in [0, 0.1) is 0 Å². The van der Waals surface area contributed by atoms with Gasteiger partial charge in [0.25, 0.3) is 0 Å². The Bertz CT molecular complexity index is 364. The van der Waals surface area contributed by atoms with Crippen LogP contribution in [-0.4, -0.2) is 42.9 Å². The largest absolute Gasteiger partial charge is 0.508 e. The average molecular weight is 256 g/mol. The van der Waals surface area contributed by atoms with Gasteiger partial charge in [0.1, 0.15) is 5.75 Å². The van der Waals surface area contributed by atoms with Crippen molar-refractivity contribution in [1.82, 2.24) is 4.90 Å². The van der Waals surface area contributed by atoms with Crippen molar-refractivity contribution in [3.8, 4) is 5.75 Å². The molecular formula is C13H18ClNO2. The van der Waals surface area contributed by atoms with E-state index in [9.17, 15) is 5.11 Å². The van der Waals surface area contributed by atoms with Crippen molar-refractivity contribution in [3.05, 3.63) is 28.8 Å². The summed E-state index contributed by atoms with van der Waals surface area (Å²) < 4.78 is 5.31. The zero-order chi connectivity index (χ0) is 12.1. The molecule has 0 amide bonds. The van der Waals surface area contributed by atoms with Crippen LogP contribution in [0.5, 0.6) is 5.75 Å². The van der Waals surface area contributed by atoms with Gasteiger partial charge in [-0.15, -0.1) is 0 Å². The number of halogens is 1. The predicted octanol–water partition coefficient (Wildman–Crippen LogP) is 2.31. The molecule has 17 heavy (non-hydrogen) atoms. The molecule has 3 nitrogen and oxygen atoms in total. The Hall–Kier alpha value is -0.770. The number of phenols is 1. The minimum absolute atomic E-state index is 0.229. The summed E-state index contributed by atoms with van der Waals surface area (Å²) in [6, 6.07) is 5.19. The van der Waals surface area contributed by atoms with Gasteiger partial charge in [-0.2, -0.15) is 0 Å². The first-order valence-electron chi connectivity index (χ1n) is 6.03. The van der Waals surface area contributed by atoms with Gasteiger partial charge in [0.2, 0.25) is 0 Å². The molecule has 1 saturated heterocycles. The Morgan fingerprint density at radius 3 is 2.76 bits per heavy atom. The summed E-state index contributed by atoms with van der Waals surface area (Å²) in [6.07, 6.45) is 2.04. The molecule has 0 aliphatic carbocycles. The van der Waals surface area contributed by atoms with Gasteiger partial charge < -0.3 is 9.84 Å². The molecule has 94 valence electrons. The van der Waals surface area contributed by atoms with Crippen molar-refractivity contribution < 1.29 is 9.84 Å². The Kier molecular flexibility index (Phi) is 4.66. The summed E-state index contributed by atoms with van der Waals surface area (Å²) in [6.45, 7) is 4.84. The van der Waals surface area contributed by atoms with E-state index < -0.39 is 0 Å². The molecule has 0 bridgehead atoms. The Balaban J connectivity index is 1.77. The second kappa shape index (κ2) is 6.24. The zero-order valence-corrected chi connectivity index (χ0v) is 10.6. The number of ether oxygens (including phenoxy) is 1. The van der Waals surface area contributed by atoms with E-state index in [2.05, 4.69) is 4.90 Å². The number of phenolic OH excluding ortho intramolecular Hbond substituents is 1. The smallest absolute Gasteiger partial charge is 0.117 e. The lowest BCUT2D eigenvalue weighted by Crippen LogP contribution is -2.36. The zero-order valence-electron chi connectivity index (χ0n) is 9.86. The molecule has 0 radical (unpaired) electrons. The van der Waals surface area contributed by atoms with E-state index in [0.717, 1.165) is 51.3 Å². The third-order valence-corrected chi connectivity index (χ3v) is 3.41. The topological polar surface area (TPSA) is 32.7 Å². The fraction of sp³-hybridized carbons (Fsp3) is 0.538. The number of hydrogen-bond acceptors (Lipinski definition) is 3. The minimum atomic E-state index is 0.229. The summed E-state index contributed by atoms with van der Waals surface area (Å²) in [7, 11) is 0. The van der Waals surface area contributed by atoms with Crippen molar-refractivity contribution in [3.63, 3.8) is 0 Å². The third-order valence-electron chi connectivity index (χ3n) is 3.06. The van der Waals surface area contributed by atoms with Crippen LogP contribution in [0.25, 0.3) is 0 Å². The number of hydrogen-bond donors (Lipinski definition) is 1. The highest BCUT2D eigenvalue weighted by atomic mass is 35.5. The van der Waals surface area contributed by atoms with Gasteiger partial charge in [0.05, 0.1) is 13.2 Å². The van der Waals surface area contributed by atoms with Crippen molar-refractivity contribution in [1.29, 1.82) is 0 Å². The van der Waals surface area contributed by atoms with E-state index in [4.69, 9.17) is 16.3 Å². The van der Waals surface area contributed by atoms with Crippen LogP contribution >= 0.6 is 11.6 Å². The lowest BCUT2D eigenvalue weighted by atomic mass is 10.1. The first-order valence-corrected chi connectivity index (χ1v) is 6.41. The molecule has 1 aliphatic rings. The van der Waals surface area contributed by atoms with Crippen LogP contribution < -0.4 is 0 Å². The van der Waals surface area contributed by atoms with Crippen LogP contribution in [0.15, 0.2) is 18.2 Å². The van der Waals surface area contributed by atoms with Crippen molar-refractivity contribution in [2.75, 3.05) is 32.8 Å². The second-order valence-corrected chi connectivity index (χ2v) is 4.74. The molecule has 0 saturated carbocycles. The Morgan fingerprint density at radius 1 is 1.29 bits per heavy atom. The van der Waals surface area contributed by atoms with Gasteiger partial charge in [-0.1, -0.05) is 17.7 Å². The number of aryl methyl sites for hydroxylation is 1. The molecule has 1 aromatic carbocycles.